The van der Waals surface area contributed by atoms with Crippen molar-refractivity contribution in [3.8, 4) is 0 Å². The molecule has 86 valence electrons. The Morgan fingerprint density at radius 3 is 2.21 bits per heavy atom. The summed E-state index contributed by atoms with van der Waals surface area (Å²) >= 11 is 0. The number of nitrogens with zero attached hydrogens (tertiary/aromatic N) is 2. The van der Waals surface area contributed by atoms with E-state index in [0.29, 0.717) is 0 Å². The van der Waals surface area contributed by atoms with Gasteiger partial charge in [0.25, 0.3) is 0 Å². The van der Waals surface area contributed by atoms with Crippen molar-refractivity contribution in [2.45, 2.75) is 40.7 Å². The highest BCUT2D eigenvalue weighted by Gasteiger charge is 2.25. The van der Waals surface area contributed by atoms with Crippen LogP contribution < -0.4 is 0 Å². The van der Waals surface area contributed by atoms with Crippen LogP contribution in [0.25, 0.3) is 0 Å². The van der Waals surface area contributed by atoms with Crippen molar-refractivity contribution in [1.29, 1.82) is 0 Å². The summed E-state index contributed by atoms with van der Waals surface area (Å²) < 4.78 is 0. The molecular weight excluding hydrogens is 172 g/mol. The summed E-state index contributed by atoms with van der Waals surface area (Å²) in [6.07, 6.45) is 0. The molecular formula is C12H28N2. The SMILES string of the molecule is CC.CCN1CCN(C)C(C(C)C)C1. The van der Waals surface area contributed by atoms with Gasteiger partial charge in [-0.3, -0.25) is 0 Å². The lowest BCUT2D eigenvalue weighted by Crippen LogP contribution is -2.53. The van der Waals surface area contributed by atoms with Gasteiger partial charge in [0.1, 0.15) is 0 Å². The van der Waals surface area contributed by atoms with Crippen LogP contribution in [-0.4, -0.2) is 49.1 Å². The van der Waals surface area contributed by atoms with Gasteiger partial charge in [-0.2, -0.15) is 0 Å². The Hall–Kier alpha value is -0.0800. The number of hydrogen-bond donors (Lipinski definition) is 0. The second kappa shape index (κ2) is 7.24. The van der Waals surface area contributed by atoms with Gasteiger partial charge < -0.3 is 9.80 Å². The average molecular weight is 200 g/mol. The van der Waals surface area contributed by atoms with Gasteiger partial charge >= 0.3 is 0 Å². The number of likely N-dealkylation sites (N-methyl/N-ethyl adjacent to an activating group) is 2. The molecule has 0 spiro atoms. The monoisotopic (exact) mass is 200 g/mol. The highest BCUT2D eigenvalue weighted by molar-refractivity contribution is 4.81. The van der Waals surface area contributed by atoms with Crippen LogP contribution in [0, 0.1) is 5.92 Å². The molecule has 0 aromatic rings. The van der Waals surface area contributed by atoms with E-state index >= 15 is 0 Å². The lowest BCUT2D eigenvalue weighted by Gasteiger charge is -2.41. The highest BCUT2D eigenvalue weighted by atomic mass is 15.3. The third-order valence-electron chi connectivity index (χ3n) is 3.00. The Morgan fingerprint density at radius 2 is 1.79 bits per heavy atom. The Labute approximate surface area is 90.3 Å². The number of hydrogen-bond acceptors (Lipinski definition) is 2. The van der Waals surface area contributed by atoms with Crippen molar-refractivity contribution >= 4 is 0 Å². The molecule has 1 rings (SSSR count). The van der Waals surface area contributed by atoms with Gasteiger partial charge in [-0.25, -0.2) is 0 Å². The second-order valence-corrected chi connectivity index (χ2v) is 4.19. The standard InChI is InChI=1S/C10H22N2.C2H6/c1-5-12-7-6-11(4)10(8-12)9(2)3;1-2/h9-10H,5-8H2,1-4H3;1-2H3. The fourth-order valence-corrected chi connectivity index (χ4v) is 1.97. The van der Waals surface area contributed by atoms with E-state index in [1.807, 2.05) is 13.8 Å². The van der Waals surface area contributed by atoms with Crippen molar-refractivity contribution < 1.29 is 0 Å². The third kappa shape index (κ3) is 3.97. The van der Waals surface area contributed by atoms with Gasteiger partial charge in [-0.15, -0.1) is 0 Å². The van der Waals surface area contributed by atoms with Crippen LogP contribution in [0.3, 0.4) is 0 Å². The molecule has 2 nitrogen and oxygen atoms in total. The maximum Gasteiger partial charge on any atom is 0.0243 e. The summed E-state index contributed by atoms with van der Waals surface area (Å²) in [7, 11) is 2.25. The molecule has 0 bridgehead atoms. The van der Waals surface area contributed by atoms with Crippen LogP contribution in [0.5, 0.6) is 0 Å². The van der Waals surface area contributed by atoms with Gasteiger partial charge in [0.05, 0.1) is 0 Å². The van der Waals surface area contributed by atoms with E-state index in [2.05, 4.69) is 37.6 Å². The largest absolute Gasteiger partial charge is 0.301 e. The summed E-state index contributed by atoms with van der Waals surface area (Å²) in [5.41, 5.74) is 0. The average Bonchev–Trinajstić information content (AvgIpc) is 2.21. The van der Waals surface area contributed by atoms with E-state index in [1.165, 1.54) is 26.2 Å². The second-order valence-electron chi connectivity index (χ2n) is 4.19. The van der Waals surface area contributed by atoms with Crippen LogP contribution in [0.1, 0.15) is 34.6 Å². The van der Waals surface area contributed by atoms with Crippen molar-refractivity contribution in [3.05, 3.63) is 0 Å². The fourth-order valence-electron chi connectivity index (χ4n) is 1.97. The van der Waals surface area contributed by atoms with E-state index < -0.39 is 0 Å². The predicted octanol–water partition coefficient (Wildman–Crippen LogP) is 2.30. The summed E-state index contributed by atoms with van der Waals surface area (Å²) in [5, 5.41) is 0. The van der Waals surface area contributed by atoms with Crippen molar-refractivity contribution in [2.24, 2.45) is 5.92 Å². The minimum absolute atomic E-state index is 0.763. The van der Waals surface area contributed by atoms with Gasteiger partial charge in [0, 0.05) is 25.7 Å². The molecule has 1 unspecified atom stereocenters. The Bertz CT molecular complexity index is 134. The van der Waals surface area contributed by atoms with Crippen molar-refractivity contribution in [3.63, 3.8) is 0 Å². The van der Waals surface area contributed by atoms with Crippen LogP contribution in [0.4, 0.5) is 0 Å². The zero-order chi connectivity index (χ0) is 11.1. The first-order valence-corrected chi connectivity index (χ1v) is 6.07. The maximum absolute atomic E-state index is 2.55. The number of piperazine rings is 1. The molecule has 1 aliphatic rings. The fraction of sp³-hybridized carbons (Fsp3) is 1.00. The zero-order valence-electron chi connectivity index (χ0n) is 10.9. The molecule has 0 aliphatic carbocycles. The topological polar surface area (TPSA) is 6.48 Å². The smallest absolute Gasteiger partial charge is 0.0243 e. The minimum atomic E-state index is 0.763. The first kappa shape index (κ1) is 13.9. The molecule has 0 radical (unpaired) electrons. The summed E-state index contributed by atoms with van der Waals surface area (Å²) in [5.74, 6) is 0.782. The van der Waals surface area contributed by atoms with Gasteiger partial charge in [-0.1, -0.05) is 34.6 Å². The molecule has 1 saturated heterocycles. The van der Waals surface area contributed by atoms with Gasteiger partial charge in [0.2, 0.25) is 0 Å². The first-order valence-electron chi connectivity index (χ1n) is 6.07. The van der Waals surface area contributed by atoms with E-state index in [0.717, 1.165) is 12.0 Å². The van der Waals surface area contributed by atoms with E-state index in [9.17, 15) is 0 Å². The first-order chi connectivity index (χ1) is 6.65. The highest BCUT2D eigenvalue weighted by Crippen LogP contribution is 2.14. The van der Waals surface area contributed by atoms with Gasteiger partial charge in [0.15, 0.2) is 0 Å². The van der Waals surface area contributed by atoms with Gasteiger partial charge in [-0.05, 0) is 19.5 Å². The van der Waals surface area contributed by atoms with Crippen LogP contribution in [0.15, 0.2) is 0 Å². The van der Waals surface area contributed by atoms with Crippen LogP contribution in [-0.2, 0) is 0 Å². The van der Waals surface area contributed by atoms with E-state index in [1.54, 1.807) is 0 Å². The summed E-state index contributed by atoms with van der Waals surface area (Å²) in [6, 6.07) is 0.763. The minimum Gasteiger partial charge on any atom is -0.301 e. The molecule has 1 heterocycles. The van der Waals surface area contributed by atoms with Crippen LogP contribution >= 0.6 is 0 Å². The lowest BCUT2D eigenvalue weighted by molar-refractivity contribution is 0.0734. The predicted molar refractivity (Wildman–Crippen MR) is 64.7 cm³/mol. The third-order valence-corrected chi connectivity index (χ3v) is 3.00. The quantitative estimate of drug-likeness (QED) is 0.675. The molecule has 1 atom stereocenters. The Morgan fingerprint density at radius 1 is 1.21 bits per heavy atom. The molecule has 14 heavy (non-hydrogen) atoms. The Balaban J connectivity index is 0.000000791. The van der Waals surface area contributed by atoms with Crippen LogP contribution in [0.2, 0.25) is 0 Å². The molecule has 0 N–H and O–H groups in total. The zero-order valence-corrected chi connectivity index (χ0v) is 10.9. The van der Waals surface area contributed by atoms with Crippen molar-refractivity contribution in [1.82, 2.24) is 9.80 Å². The molecule has 0 saturated carbocycles. The van der Waals surface area contributed by atoms with Crippen molar-refractivity contribution in [2.75, 3.05) is 33.2 Å². The Kier molecular flexibility index (Phi) is 7.20. The van der Waals surface area contributed by atoms with E-state index in [-0.39, 0.29) is 0 Å². The molecule has 2 heteroatoms. The molecule has 1 aliphatic heterocycles. The summed E-state index contributed by atoms with van der Waals surface area (Å²) in [4.78, 5) is 5.04. The molecule has 0 aromatic heterocycles. The lowest BCUT2D eigenvalue weighted by atomic mass is 10.0. The number of rotatable bonds is 2. The maximum atomic E-state index is 2.55. The molecule has 1 fully saturated rings. The normalized spacial score (nSPS) is 24.6. The van der Waals surface area contributed by atoms with E-state index in [4.69, 9.17) is 0 Å². The molecule has 0 aromatic carbocycles. The summed E-state index contributed by atoms with van der Waals surface area (Å²) in [6.45, 7) is 15.8. The molecule has 0 amide bonds.